The standard InChI is InChI=1S/C20H26BN10O15P3.3C12H27N/c21-47(36,45-48(37,38)41-1-7-11(32)13(34)19(43-7)30-5-28-9-15(22)24-3-26-17(9)30)46-49(39,40)42-2-8-12(33)14(35)20(44-8)31-6-29-10-16(23)25-4-27-18(10)31;3*1-4-7-10-13(11-8-5-2)12-9-6-3/h3-8,11-14,19-20,32-35H,1-2H2,(H,37,38)(H,39,40)(H2,22,24,26)(H2,23,25,27);3*4-12H2,1-3H3. The van der Waals surface area contributed by atoms with Gasteiger partial charge >= 0.3 is 15.6 Å². The third-order valence-electron chi connectivity index (χ3n) is 14.7. The van der Waals surface area contributed by atoms with Gasteiger partial charge in [-0.15, -0.1) is 0 Å². The van der Waals surface area contributed by atoms with E-state index in [1.54, 1.807) is 0 Å². The van der Waals surface area contributed by atoms with Gasteiger partial charge in [0, 0.05) is 0 Å². The first-order valence-electron chi connectivity index (χ1n) is 31.8. The minimum atomic E-state index is -5.50. The van der Waals surface area contributed by atoms with Crippen LogP contribution in [0, 0.1) is 0 Å². The van der Waals surface area contributed by atoms with Gasteiger partial charge in [0.1, 0.15) is 60.3 Å². The van der Waals surface area contributed by atoms with Crippen LogP contribution in [-0.4, -0.2) is 200 Å². The number of fused-ring (bicyclic) bond motifs is 2. The highest BCUT2D eigenvalue weighted by Gasteiger charge is 2.48. The summed E-state index contributed by atoms with van der Waals surface area (Å²) in [5.41, 5.74) is 12.1. The first-order chi connectivity index (χ1) is 42.0. The molecule has 6 heterocycles. The number of imidazole rings is 2. The van der Waals surface area contributed by atoms with E-state index in [4.69, 9.17) is 28.5 Å². The Morgan fingerprint density at radius 3 is 0.977 bits per heavy atom. The van der Waals surface area contributed by atoms with Crippen molar-refractivity contribution in [3.63, 3.8) is 0 Å². The van der Waals surface area contributed by atoms with Gasteiger partial charge in [-0.3, -0.25) is 22.7 Å². The minimum absolute atomic E-state index is 0.0276. The van der Waals surface area contributed by atoms with E-state index in [1.807, 2.05) is 0 Å². The Bertz CT molecular complexity index is 2420. The minimum Gasteiger partial charge on any atom is -0.387 e. The van der Waals surface area contributed by atoms with Crippen LogP contribution in [0.3, 0.4) is 0 Å². The second-order valence-electron chi connectivity index (χ2n) is 22.2. The summed E-state index contributed by atoms with van der Waals surface area (Å²) in [6.45, 7) is 30.4. The highest BCUT2D eigenvalue weighted by Crippen LogP contribution is 2.67. The lowest BCUT2D eigenvalue weighted by Gasteiger charge is -2.22. The van der Waals surface area contributed by atoms with Crippen LogP contribution < -0.4 is 11.5 Å². The average Bonchev–Trinajstić information content (AvgIpc) is 2.59. The molecule has 2 aliphatic heterocycles. The third-order valence-corrected chi connectivity index (χ3v) is 19.1. The number of phosphoric ester groups is 2. The van der Waals surface area contributed by atoms with E-state index >= 15 is 0 Å². The zero-order chi connectivity index (χ0) is 65.3. The molecule has 4 aromatic heterocycles. The van der Waals surface area contributed by atoms with Gasteiger partial charge in [-0.1, -0.05) is 120 Å². The molecule has 0 saturated carbocycles. The topological polar surface area (TPSA) is 377 Å². The van der Waals surface area contributed by atoms with Crippen LogP contribution in [0.2, 0.25) is 0 Å². The summed E-state index contributed by atoms with van der Waals surface area (Å²) < 4.78 is 69.0. The summed E-state index contributed by atoms with van der Waals surface area (Å²) in [6, 6.07) is 0. The average molecular weight is 1310 g/mol. The molecule has 2 fully saturated rings. The van der Waals surface area contributed by atoms with Crippen molar-refractivity contribution in [2.24, 2.45) is 0 Å². The molecule has 2 aliphatic rings. The summed E-state index contributed by atoms with van der Waals surface area (Å²) in [5, 5.41) is 41.9. The highest BCUT2D eigenvalue weighted by molar-refractivity contribution is 7.86. The Hall–Kier alpha value is -3.15. The molecule has 2 radical (unpaired) electrons. The molecule has 32 heteroatoms. The number of ether oxygens (including phenoxy) is 2. The van der Waals surface area contributed by atoms with Crippen molar-refractivity contribution in [2.45, 2.75) is 227 Å². The van der Waals surface area contributed by atoms with Gasteiger partial charge in [0.25, 0.3) is 7.47 Å². The molecule has 0 aliphatic carbocycles. The molecule has 0 spiro atoms. The molecular formula is C56H107BN13O15P3. The third kappa shape index (κ3) is 27.2. The highest BCUT2D eigenvalue weighted by atomic mass is 31.3. The number of rotatable bonds is 39. The summed E-state index contributed by atoms with van der Waals surface area (Å²) in [5.74, 6) is 0.0552. The van der Waals surface area contributed by atoms with E-state index in [0.717, 1.165) is 12.7 Å². The Morgan fingerprint density at radius 2 is 0.727 bits per heavy atom. The van der Waals surface area contributed by atoms with Crippen LogP contribution in [0.15, 0.2) is 25.3 Å². The van der Waals surface area contributed by atoms with Crippen molar-refractivity contribution in [1.29, 1.82) is 0 Å². The molecule has 10 atom stereocenters. The number of anilines is 2. The van der Waals surface area contributed by atoms with Crippen molar-refractivity contribution in [3.05, 3.63) is 25.3 Å². The van der Waals surface area contributed by atoms with Crippen molar-refractivity contribution in [3.8, 4) is 0 Å². The largest absolute Gasteiger partial charge is 0.478 e. The predicted octanol–water partition coefficient (Wildman–Crippen LogP) is 8.68. The molecule has 0 amide bonds. The van der Waals surface area contributed by atoms with E-state index < -0.39 is 85.4 Å². The van der Waals surface area contributed by atoms with Gasteiger partial charge in [-0.25, -0.2) is 47.7 Å². The van der Waals surface area contributed by atoms with Crippen molar-refractivity contribution >= 4 is 64.6 Å². The number of unbranched alkanes of at least 4 members (excludes halogenated alkanes) is 9. The molecule has 504 valence electrons. The summed E-state index contributed by atoms with van der Waals surface area (Å²) in [7, 11) is -11.2. The number of nitrogens with zero attached hydrogens (tertiary/aromatic N) is 11. The maximum Gasteiger partial charge on any atom is 0.478 e. The number of aromatic nitrogens is 8. The molecule has 0 aromatic carbocycles. The maximum atomic E-state index is 12.6. The quantitative estimate of drug-likeness (QED) is 0.0153. The zero-order valence-electron chi connectivity index (χ0n) is 53.8. The fraction of sp³-hybridized carbons (Fsp3) is 0.821. The SMILES string of the molecule is CCCCN(CCCC)CCCC.CCCCN(CCCC)CCCC.CCCCN(CCCC)CCCC.[B]P(=O)(OP(=O)(O)OCC1OC(n2cnc3c(N)ncnc32)C(O)C1O)OP(=O)(O)OCC1OC(n2cnc3c(N)ncnc32)C(O)C1O. The van der Waals surface area contributed by atoms with Gasteiger partial charge in [-0.2, -0.15) is 0 Å². The maximum absolute atomic E-state index is 12.6. The second-order valence-corrected chi connectivity index (χ2v) is 27.0. The van der Waals surface area contributed by atoms with Crippen LogP contribution >= 0.6 is 23.1 Å². The lowest BCUT2D eigenvalue weighted by molar-refractivity contribution is -0.0507. The van der Waals surface area contributed by atoms with E-state index in [2.05, 4.69) is 125 Å². The Balaban J connectivity index is 0.000000420. The molecule has 2 saturated heterocycles. The van der Waals surface area contributed by atoms with Crippen molar-refractivity contribution in [1.82, 2.24) is 53.7 Å². The van der Waals surface area contributed by atoms with Gasteiger partial charge < -0.3 is 65.9 Å². The van der Waals surface area contributed by atoms with Crippen LogP contribution in [-0.2, 0) is 40.8 Å². The number of aliphatic hydroxyl groups is 4. The van der Waals surface area contributed by atoms with Crippen LogP contribution in [0.5, 0.6) is 0 Å². The number of phosphoric acid groups is 2. The lowest BCUT2D eigenvalue weighted by atomic mass is 10.1. The molecule has 4 aromatic rings. The summed E-state index contributed by atoms with van der Waals surface area (Å²) in [6.07, 6.45) is 16.6. The van der Waals surface area contributed by atoms with Gasteiger partial charge in [0.05, 0.1) is 25.9 Å². The van der Waals surface area contributed by atoms with E-state index in [0.29, 0.717) is 0 Å². The Labute approximate surface area is 523 Å². The lowest BCUT2D eigenvalue weighted by Crippen LogP contribution is -2.33. The Kier molecular flexibility index (Phi) is 37.9. The van der Waals surface area contributed by atoms with Crippen molar-refractivity contribution in [2.75, 3.05) is 83.6 Å². The smallest absolute Gasteiger partial charge is 0.387 e. The van der Waals surface area contributed by atoms with Gasteiger partial charge in [0.2, 0.25) is 7.57 Å². The van der Waals surface area contributed by atoms with Crippen LogP contribution in [0.1, 0.15) is 190 Å². The van der Waals surface area contributed by atoms with Gasteiger partial charge in [-0.05, 0) is 117 Å². The molecule has 10 unspecified atom stereocenters. The summed E-state index contributed by atoms with van der Waals surface area (Å²) >= 11 is 0. The molecule has 0 bridgehead atoms. The van der Waals surface area contributed by atoms with Crippen molar-refractivity contribution < 1.29 is 71.1 Å². The summed E-state index contributed by atoms with van der Waals surface area (Å²) in [4.78, 5) is 51.7. The molecule has 88 heavy (non-hydrogen) atoms. The fourth-order valence-electron chi connectivity index (χ4n) is 9.43. The fourth-order valence-corrected chi connectivity index (χ4v) is 13.2. The number of hydrogen-bond donors (Lipinski definition) is 8. The van der Waals surface area contributed by atoms with Gasteiger partial charge in [0.15, 0.2) is 35.4 Å². The second kappa shape index (κ2) is 42.2. The number of nitrogen functional groups attached to an aromatic ring is 2. The zero-order valence-corrected chi connectivity index (χ0v) is 56.5. The molecule has 10 N–H and O–H groups in total. The molecule has 6 rings (SSSR count). The predicted molar refractivity (Wildman–Crippen MR) is 342 cm³/mol. The first kappa shape index (κ1) is 79.1. The number of nitrogens with two attached hydrogens (primary N) is 2. The number of aliphatic hydroxyl groups excluding tert-OH is 4. The normalized spacial score (nSPS) is 22.2. The van der Waals surface area contributed by atoms with Crippen LogP contribution in [0.4, 0.5) is 11.6 Å². The van der Waals surface area contributed by atoms with Crippen LogP contribution in [0.25, 0.3) is 22.3 Å². The molecular weight excluding hydrogens is 1200 g/mol. The molecule has 28 nitrogen and oxygen atoms in total. The first-order valence-corrected chi connectivity index (χ1v) is 36.4. The monoisotopic (exact) mass is 1310 g/mol. The van der Waals surface area contributed by atoms with E-state index in [9.17, 15) is 43.9 Å². The Morgan fingerprint density at radius 1 is 0.466 bits per heavy atom. The van der Waals surface area contributed by atoms with E-state index in [-0.39, 0.29) is 34.0 Å². The van der Waals surface area contributed by atoms with E-state index in [1.165, 1.54) is 196 Å². The number of hydrogen-bond acceptors (Lipinski definition) is 24.